The summed E-state index contributed by atoms with van der Waals surface area (Å²) in [6, 6.07) is 0. The topological polar surface area (TPSA) is 57.5 Å². The first kappa shape index (κ1) is 13.9. The average molecular weight is 254 g/mol. The fraction of sp³-hybridized carbons (Fsp3) is 0.933. The van der Waals surface area contributed by atoms with Crippen molar-refractivity contribution in [1.82, 2.24) is 0 Å². The van der Waals surface area contributed by atoms with E-state index in [0.29, 0.717) is 17.8 Å². The van der Waals surface area contributed by atoms with E-state index in [1.165, 1.54) is 0 Å². The second-order valence-electron chi connectivity index (χ2n) is 6.78. The number of hydrogen-bond acceptors (Lipinski definition) is 2. The molecule has 6 unspecified atom stereocenters. The molecule has 0 aromatic carbocycles. The Kier molecular flexibility index (Phi) is 3.72. The molecular weight excluding hydrogens is 228 g/mol. The molecule has 0 saturated heterocycles. The Morgan fingerprint density at radius 2 is 2.00 bits per heavy atom. The van der Waals surface area contributed by atoms with Crippen LogP contribution in [0, 0.1) is 29.6 Å². The number of carboxylic acids is 1. The molecule has 0 bridgehead atoms. The number of aliphatic hydroxyl groups is 1. The summed E-state index contributed by atoms with van der Waals surface area (Å²) in [6.45, 7) is 6.03. The molecule has 3 nitrogen and oxygen atoms in total. The number of carbonyl (C=O) groups is 1. The Morgan fingerprint density at radius 3 is 2.61 bits per heavy atom. The molecular formula is C15H26O3. The average Bonchev–Trinajstić information content (AvgIpc) is 2.60. The highest BCUT2D eigenvalue weighted by Gasteiger charge is 2.50. The number of aliphatic carboxylic acids is 1. The van der Waals surface area contributed by atoms with Crippen molar-refractivity contribution in [3.8, 4) is 0 Å². The maximum absolute atomic E-state index is 11.3. The minimum atomic E-state index is -0.681. The highest BCUT2D eigenvalue weighted by molar-refractivity contribution is 5.69. The molecule has 0 aliphatic heterocycles. The van der Waals surface area contributed by atoms with Gasteiger partial charge in [-0.2, -0.15) is 0 Å². The van der Waals surface area contributed by atoms with E-state index in [9.17, 15) is 15.0 Å². The van der Waals surface area contributed by atoms with E-state index in [-0.39, 0.29) is 11.8 Å². The SMILES string of the molecule is CC1CCC2C1C(C(C)C(=O)O)CCCC2(C)O. The number of rotatable bonds is 2. The fourth-order valence-corrected chi connectivity index (χ4v) is 4.51. The van der Waals surface area contributed by atoms with Crippen molar-refractivity contribution in [3.05, 3.63) is 0 Å². The summed E-state index contributed by atoms with van der Waals surface area (Å²) in [5.74, 6) is 0.493. The second-order valence-corrected chi connectivity index (χ2v) is 6.78. The summed E-state index contributed by atoms with van der Waals surface area (Å²) >= 11 is 0. The summed E-state index contributed by atoms with van der Waals surface area (Å²) in [6.07, 6.45) is 4.92. The molecule has 2 saturated carbocycles. The Labute approximate surface area is 110 Å². The molecule has 2 N–H and O–H groups in total. The molecule has 3 heteroatoms. The van der Waals surface area contributed by atoms with Crippen molar-refractivity contribution in [1.29, 1.82) is 0 Å². The maximum atomic E-state index is 11.3. The largest absolute Gasteiger partial charge is 0.481 e. The minimum Gasteiger partial charge on any atom is -0.481 e. The zero-order valence-corrected chi connectivity index (χ0v) is 11.7. The molecule has 0 heterocycles. The van der Waals surface area contributed by atoms with Crippen molar-refractivity contribution >= 4 is 5.97 Å². The monoisotopic (exact) mass is 254 g/mol. The molecule has 104 valence electrons. The van der Waals surface area contributed by atoms with E-state index in [2.05, 4.69) is 6.92 Å². The highest BCUT2D eigenvalue weighted by Crippen LogP contribution is 2.52. The second kappa shape index (κ2) is 4.84. The van der Waals surface area contributed by atoms with Gasteiger partial charge in [0.1, 0.15) is 0 Å². The van der Waals surface area contributed by atoms with E-state index in [0.717, 1.165) is 32.1 Å². The molecule has 2 aliphatic carbocycles. The summed E-state index contributed by atoms with van der Waals surface area (Å²) in [4.78, 5) is 11.3. The third-order valence-corrected chi connectivity index (χ3v) is 5.60. The van der Waals surface area contributed by atoms with Gasteiger partial charge in [0.15, 0.2) is 0 Å². The zero-order chi connectivity index (χ0) is 13.5. The van der Waals surface area contributed by atoms with Crippen molar-refractivity contribution in [2.24, 2.45) is 29.6 Å². The summed E-state index contributed by atoms with van der Waals surface area (Å²) in [5, 5.41) is 19.9. The van der Waals surface area contributed by atoms with Crippen LogP contribution < -0.4 is 0 Å². The zero-order valence-electron chi connectivity index (χ0n) is 11.7. The van der Waals surface area contributed by atoms with Crippen LogP contribution >= 0.6 is 0 Å². The van der Waals surface area contributed by atoms with Crippen LogP contribution in [0.3, 0.4) is 0 Å². The van der Waals surface area contributed by atoms with Gasteiger partial charge < -0.3 is 10.2 Å². The molecule has 2 fully saturated rings. The Bertz CT molecular complexity index is 324. The van der Waals surface area contributed by atoms with Gasteiger partial charge in [-0.25, -0.2) is 0 Å². The van der Waals surface area contributed by atoms with Crippen LogP contribution in [0.4, 0.5) is 0 Å². The lowest BCUT2D eigenvalue weighted by Crippen LogP contribution is -2.40. The normalized spacial score (nSPS) is 46.2. The highest BCUT2D eigenvalue weighted by atomic mass is 16.4. The predicted molar refractivity (Wildman–Crippen MR) is 70.1 cm³/mol. The lowest BCUT2D eigenvalue weighted by Gasteiger charge is -2.37. The molecule has 0 amide bonds. The minimum absolute atomic E-state index is 0.235. The standard InChI is InChI=1S/C15H26O3/c1-9-6-7-12-13(9)11(10(2)14(16)17)5-4-8-15(12,3)18/h9-13,18H,4-8H2,1-3H3,(H,16,17). The van der Waals surface area contributed by atoms with Crippen LogP contribution in [0.2, 0.25) is 0 Å². The van der Waals surface area contributed by atoms with Gasteiger partial charge in [0.2, 0.25) is 0 Å². The summed E-state index contributed by atoms with van der Waals surface area (Å²) < 4.78 is 0. The van der Waals surface area contributed by atoms with Gasteiger partial charge in [0, 0.05) is 0 Å². The molecule has 2 rings (SSSR count). The van der Waals surface area contributed by atoms with Gasteiger partial charge in [-0.15, -0.1) is 0 Å². The van der Waals surface area contributed by atoms with Gasteiger partial charge in [0.05, 0.1) is 11.5 Å². The van der Waals surface area contributed by atoms with Gasteiger partial charge in [-0.3, -0.25) is 4.79 Å². The lowest BCUT2D eigenvalue weighted by atomic mass is 9.70. The van der Waals surface area contributed by atoms with Crippen LogP contribution in [0.1, 0.15) is 52.9 Å². The Morgan fingerprint density at radius 1 is 1.33 bits per heavy atom. The van der Waals surface area contributed by atoms with Crippen LogP contribution in [0.5, 0.6) is 0 Å². The first-order valence-corrected chi connectivity index (χ1v) is 7.30. The van der Waals surface area contributed by atoms with Crippen LogP contribution in [-0.4, -0.2) is 21.8 Å². The van der Waals surface area contributed by atoms with Crippen LogP contribution in [0.25, 0.3) is 0 Å². The van der Waals surface area contributed by atoms with Crippen LogP contribution in [0.15, 0.2) is 0 Å². The molecule has 0 spiro atoms. The quantitative estimate of drug-likeness (QED) is 0.796. The number of fused-ring (bicyclic) bond motifs is 1. The number of carboxylic acid groups (broad SMARTS) is 1. The predicted octanol–water partition coefficient (Wildman–Crippen LogP) is 2.92. The third-order valence-electron chi connectivity index (χ3n) is 5.60. The maximum Gasteiger partial charge on any atom is 0.306 e. The number of hydrogen-bond donors (Lipinski definition) is 2. The van der Waals surface area contributed by atoms with E-state index >= 15 is 0 Å². The lowest BCUT2D eigenvalue weighted by molar-refractivity contribution is -0.144. The van der Waals surface area contributed by atoms with E-state index in [1.807, 2.05) is 13.8 Å². The van der Waals surface area contributed by atoms with Crippen molar-refractivity contribution in [2.75, 3.05) is 0 Å². The van der Waals surface area contributed by atoms with Gasteiger partial charge in [-0.05, 0) is 49.9 Å². The van der Waals surface area contributed by atoms with Crippen molar-refractivity contribution in [2.45, 2.75) is 58.5 Å². The van der Waals surface area contributed by atoms with Gasteiger partial charge >= 0.3 is 5.97 Å². The summed E-state index contributed by atoms with van der Waals surface area (Å²) in [7, 11) is 0. The molecule has 0 aromatic rings. The van der Waals surface area contributed by atoms with E-state index in [1.54, 1.807) is 0 Å². The Balaban J connectivity index is 2.28. The van der Waals surface area contributed by atoms with Gasteiger partial charge in [-0.1, -0.05) is 26.7 Å². The van der Waals surface area contributed by atoms with E-state index < -0.39 is 11.6 Å². The molecule has 0 aromatic heterocycles. The third kappa shape index (κ3) is 2.29. The fourth-order valence-electron chi connectivity index (χ4n) is 4.51. The van der Waals surface area contributed by atoms with Crippen molar-refractivity contribution < 1.29 is 15.0 Å². The van der Waals surface area contributed by atoms with E-state index in [4.69, 9.17) is 0 Å². The first-order chi connectivity index (χ1) is 8.34. The first-order valence-electron chi connectivity index (χ1n) is 7.30. The summed E-state index contributed by atoms with van der Waals surface area (Å²) in [5.41, 5.74) is -0.595. The smallest absolute Gasteiger partial charge is 0.306 e. The molecule has 6 atom stereocenters. The van der Waals surface area contributed by atoms with Gasteiger partial charge in [0.25, 0.3) is 0 Å². The van der Waals surface area contributed by atoms with Crippen molar-refractivity contribution in [3.63, 3.8) is 0 Å². The van der Waals surface area contributed by atoms with Crippen LogP contribution in [-0.2, 0) is 4.79 Å². The Hall–Kier alpha value is -0.570. The molecule has 18 heavy (non-hydrogen) atoms. The molecule has 2 aliphatic rings. The molecule has 0 radical (unpaired) electrons.